The Morgan fingerprint density at radius 3 is 2.39 bits per heavy atom. The standard InChI is InChI=1S/C15H12F3N3O2/c1-3-20-13-12(19-2)8-9-21(14(13)22)10-4-6-11(7-5-10)23-15(16,17)18/h3-9H,2H2,1H3/b20-3-. The van der Waals surface area contributed by atoms with Crippen LogP contribution < -0.4 is 10.3 Å². The summed E-state index contributed by atoms with van der Waals surface area (Å²) in [5, 5.41) is 0. The van der Waals surface area contributed by atoms with Crippen molar-refractivity contribution in [2.24, 2.45) is 9.98 Å². The van der Waals surface area contributed by atoms with E-state index < -0.39 is 11.9 Å². The fraction of sp³-hybridized carbons (Fsp3) is 0.133. The average molecular weight is 323 g/mol. The van der Waals surface area contributed by atoms with Gasteiger partial charge < -0.3 is 4.74 Å². The molecule has 0 radical (unpaired) electrons. The third kappa shape index (κ3) is 3.85. The zero-order chi connectivity index (χ0) is 17.0. The molecule has 23 heavy (non-hydrogen) atoms. The fourth-order valence-electron chi connectivity index (χ4n) is 1.91. The Balaban J connectivity index is 2.45. The molecule has 0 atom stereocenters. The van der Waals surface area contributed by atoms with E-state index in [-0.39, 0.29) is 11.4 Å². The van der Waals surface area contributed by atoms with Crippen LogP contribution in [0.15, 0.2) is 51.3 Å². The minimum absolute atomic E-state index is 0.0978. The first-order valence-electron chi connectivity index (χ1n) is 6.43. The zero-order valence-electron chi connectivity index (χ0n) is 12.0. The van der Waals surface area contributed by atoms with E-state index in [1.807, 2.05) is 0 Å². The molecule has 1 aromatic heterocycles. The lowest BCUT2D eigenvalue weighted by Gasteiger charge is -2.11. The normalized spacial score (nSPS) is 11.7. The number of pyridine rings is 1. The molecule has 1 aromatic carbocycles. The number of nitrogens with zero attached hydrogens (tertiary/aromatic N) is 3. The first-order valence-corrected chi connectivity index (χ1v) is 6.43. The summed E-state index contributed by atoms with van der Waals surface area (Å²) in [5.74, 6) is -0.370. The van der Waals surface area contributed by atoms with Crippen molar-refractivity contribution < 1.29 is 17.9 Å². The van der Waals surface area contributed by atoms with Gasteiger partial charge in [0.25, 0.3) is 5.56 Å². The van der Waals surface area contributed by atoms with Crippen molar-refractivity contribution >= 4 is 24.3 Å². The van der Waals surface area contributed by atoms with E-state index in [1.54, 1.807) is 6.92 Å². The second-order valence-electron chi connectivity index (χ2n) is 4.31. The van der Waals surface area contributed by atoms with Crippen molar-refractivity contribution in [1.82, 2.24) is 4.57 Å². The highest BCUT2D eigenvalue weighted by molar-refractivity contribution is 5.70. The summed E-state index contributed by atoms with van der Waals surface area (Å²) in [6, 6.07) is 6.46. The molecule has 0 unspecified atom stereocenters. The Bertz CT molecular complexity index is 793. The molecule has 0 saturated heterocycles. The van der Waals surface area contributed by atoms with Gasteiger partial charge in [0.1, 0.15) is 5.75 Å². The van der Waals surface area contributed by atoms with Gasteiger partial charge in [-0.2, -0.15) is 0 Å². The average Bonchev–Trinajstić information content (AvgIpc) is 2.49. The van der Waals surface area contributed by atoms with Crippen molar-refractivity contribution in [2.45, 2.75) is 13.3 Å². The molecule has 5 nitrogen and oxygen atoms in total. The van der Waals surface area contributed by atoms with Gasteiger partial charge in [0, 0.05) is 18.1 Å². The molecule has 120 valence electrons. The van der Waals surface area contributed by atoms with E-state index in [9.17, 15) is 18.0 Å². The third-order valence-electron chi connectivity index (χ3n) is 2.82. The van der Waals surface area contributed by atoms with E-state index in [0.29, 0.717) is 11.4 Å². The molecule has 1 heterocycles. The highest BCUT2D eigenvalue weighted by atomic mass is 19.4. The summed E-state index contributed by atoms with van der Waals surface area (Å²) in [6.07, 6.45) is -1.88. The SMILES string of the molecule is C=Nc1ccn(-c2ccc(OC(F)(F)F)cc2)c(=O)c1/N=C\C. The van der Waals surface area contributed by atoms with Crippen LogP contribution in [0.3, 0.4) is 0 Å². The predicted molar refractivity (Wildman–Crippen MR) is 81.8 cm³/mol. The fourth-order valence-corrected chi connectivity index (χ4v) is 1.91. The largest absolute Gasteiger partial charge is 0.573 e. The summed E-state index contributed by atoms with van der Waals surface area (Å²) in [4.78, 5) is 20.1. The Kier molecular flexibility index (Phi) is 4.63. The van der Waals surface area contributed by atoms with E-state index in [4.69, 9.17) is 0 Å². The van der Waals surface area contributed by atoms with Gasteiger partial charge in [0.15, 0.2) is 5.69 Å². The molecule has 0 saturated carbocycles. The second kappa shape index (κ2) is 6.47. The first-order chi connectivity index (χ1) is 10.9. The van der Waals surface area contributed by atoms with Crippen LogP contribution in [0.4, 0.5) is 24.5 Å². The van der Waals surface area contributed by atoms with Gasteiger partial charge in [-0.15, -0.1) is 13.2 Å². The Morgan fingerprint density at radius 2 is 1.87 bits per heavy atom. The lowest BCUT2D eigenvalue weighted by molar-refractivity contribution is -0.274. The molecule has 2 rings (SSSR count). The summed E-state index contributed by atoms with van der Waals surface area (Å²) in [7, 11) is 0. The first kappa shape index (κ1) is 16.5. The number of rotatable bonds is 4. The number of halogens is 3. The van der Waals surface area contributed by atoms with Gasteiger partial charge in [0.05, 0.1) is 5.69 Å². The zero-order valence-corrected chi connectivity index (χ0v) is 12.0. The highest BCUT2D eigenvalue weighted by Crippen LogP contribution is 2.25. The monoisotopic (exact) mass is 323 g/mol. The molecule has 0 aliphatic heterocycles. The van der Waals surface area contributed by atoms with Gasteiger partial charge in [-0.1, -0.05) is 0 Å². The molecule has 0 N–H and O–H groups in total. The molecule has 0 aliphatic rings. The summed E-state index contributed by atoms with van der Waals surface area (Å²) < 4.78 is 41.5. The van der Waals surface area contributed by atoms with Gasteiger partial charge in [-0.25, -0.2) is 0 Å². The van der Waals surface area contributed by atoms with E-state index in [2.05, 4.69) is 21.4 Å². The minimum Gasteiger partial charge on any atom is -0.406 e. The van der Waals surface area contributed by atoms with Crippen LogP contribution in [-0.2, 0) is 0 Å². The number of ether oxygens (including phenoxy) is 1. The molecule has 8 heteroatoms. The van der Waals surface area contributed by atoms with Crippen LogP contribution in [0, 0.1) is 0 Å². The summed E-state index contributed by atoms with van der Waals surface area (Å²) in [6.45, 7) is 5.01. The maximum atomic E-state index is 12.4. The third-order valence-corrected chi connectivity index (χ3v) is 2.82. The van der Waals surface area contributed by atoms with Gasteiger partial charge in [-0.05, 0) is 44.0 Å². The number of benzene rings is 1. The smallest absolute Gasteiger partial charge is 0.406 e. The maximum absolute atomic E-state index is 12.4. The van der Waals surface area contributed by atoms with Crippen LogP contribution in [0.2, 0.25) is 0 Å². The van der Waals surface area contributed by atoms with Crippen molar-refractivity contribution in [3.05, 3.63) is 46.9 Å². The molecular weight excluding hydrogens is 311 g/mol. The number of hydrogen-bond acceptors (Lipinski definition) is 4. The maximum Gasteiger partial charge on any atom is 0.573 e. The van der Waals surface area contributed by atoms with E-state index in [1.165, 1.54) is 35.2 Å². The van der Waals surface area contributed by atoms with Crippen molar-refractivity contribution in [1.29, 1.82) is 0 Å². The van der Waals surface area contributed by atoms with Gasteiger partial charge >= 0.3 is 6.36 Å². The van der Waals surface area contributed by atoms with Crippen molar-refractivity contribution in [2.75, 3.05) is 0 Å². The molecule has 0 bridgehead atoms. The quantitative estimate of drug-likeness (QED) is 0.804. The van der Waals surface area contributed by atoms with Crippen LogP contribution in [-0.4, -0.2) is 23.9 Å². The van der Waals surface area contributed by atoms with Crippen LogP contribution in [0.1, 0.15) is 6.92 Å². The highest BCUT2D eigenvalue weighted by Gasteiger charge is 2.30. The molecular formula is C15H12F3N3O2. The molecule has 2 aromatic rings. The molecule has 0 fully saturated rings. The Hall–Kier alpha value is -2.90. The lowest BCUT2D eigenvalue weighted by atomic mass is 10.2. The van der Waals surface area contributed by atoms with Crippen LogP contribution in [0.5, 0.6) is 5.75 Å². The van der Waals surface area contributed by atoms with Gasteiger partial charge in [-0.3, -0.25) is 19.3 Å². The summed E-state index contributed by atoms with van der Waals surface area (Å²) >= 11 is 0. The minimum atomic E-state index is -4.77. The van der Waals surface area contributed by atoms with E-state index in [0.717, 1.165) is 12.1 Å². The Morgan fingerprint density at radius 1 is 1.22 bits per heavy atom. The van der Waals surface area contributed by atoms with Crippen molar-refractivity contribution in [3.63, 3.8) is 0 Å². The van der Waals surface area contributed by atoms with Crippen molar-refractivity contribution in [3.8, 4) is 11.4 Å². The van der Waals surface area contributed by atoms with E-state index >= 15 is 0 Å². The predicted octanol–water partition coefficient (Wildman–Crippen LogP) is 3.79. The van der Waals surface area contributed by atoms with Crippen LogP contribution in [0.25, 0.3) is 5.69 Å². The molecule has 0 aliphatic carbocycles. The Labute approximate surface area is 129 Å². The topological polar surface area (TPSA) is 56.0 Å². The number of aromatic nitrogens is 1. The number of hydrogen-bond donors (Lipinski definition) is 0. The lowest BCUT2D eigenvalue weighted by Crippen LogP contribution is -2.18. The summed E-state index contributed by atoms with van der Waals surface area (Å²) in [5.41, 5.74) is 0.326. The van der Waals surface area contributed by atoms with Crippen LogP contribution >= 0.6 is 0 Å². The molecule has 0 spiro atoms. The van der Waals surface area contributed by atoms with Gasteiger partial charge in [0.2, 0.25) is 0 Å². The second-order valence-corrected chi connectivity index (χ2v) is 4.31. The molecule has 0 amide bonds. The number of aliphatic imine (C=N–C) groups is 2. The number of alkyl halides is 3.